The second kappa shape index (κ2) is 15.0. The summed E-state index contributed by atoms with van der Waals surface area (Å²) in [6.07, 6.45) is 5.70. The van der Waals surface area contributed by atoms with Crippen molar-refractivity contribution in [3.8, 4) is 62.1 Å². The maximum atomic E-state index is 6.27. The molecule has 7 rings (SSSR count). The summed E-state index contributed by atoms with van der Waals surface area (Å²) < 4.78 is 8.49. The summed E-state index contributed by atoms with van der Waals surface area (Å²) in [4.78, 5) is 9.30. The summed E-state index contributed by atoms with van der Waals surface area (Å²) in [7, 11) is 0. The third kappa shape index (κ3) is 7.36. The average molecular weight is 819 g/mol. The van der Waals surface area contributed by atoms with Gasteiger partial charge in [-0.05, 0) is 69.1 Å². The number of pyridine rings is 1. The third-order valence-corrected chi connectivity index (χ3v) is 8.56. The van der Waals surface area contributed by atoms with E-state index in [1.807, 2.05) is 60.8 Å². The van der Waals surface area contributed by atoms with Gasteiger partial charge < -0.3 is 14.3 Å². The Bertz CT molecular complexity index is 2120. The van der Waals surface area contributed by atoms with E-state index in [1.54, 1.807) is 6.20 Å². The van der Waals surface area contributed by atoms with E-state index >= 15 is 0 Å². The van der Waals surface area contributed by atoms with Crippen molar-refractivity contribution in [2.24, 2.45) is 0 Å². The predicted octanol–water partition coefficient (Wildman–Crippen LogP) is 11.6. The van der Waals surface area contributed by atoms with Crippen molar-refractivity contribution in [1.29, 1.82) is 0 Å². The molecular formula is C44H37N3OPt. The largest absolute Gasteiger partial charge is 2.00 e. The average Bonchev–Trinajstić information content (AvgIpc) is 3.62. The molecule has 0 radical (unpaired) electrons. The monoisotopic (exact) mass is 818 g/mol. The molecule has 5 aromatic carbocycles. The fourth-order valence-corrected chi connectivity index (χ4v) is 6.11. The van der Waals surface area contributed by atoms with E-state index in [0.29, 0.717) is 11.5 Å². The molecule has 0 amide bonds. The van der Waals surface area contributed by atoms with Gasteiger partial charge in [0, 0.05) is 35.8 Å². The molecule has 0 saturated heterocycles. The van der Waals surface area contributed by atoms with Gasteiger partial charge in [-0.1, -0.05) is 107 Å². The molecule has 7 aromatic rings. The van der Waals surface area contributed by atoms with Crippen LogP contribution in [0.2, 0.25) is 0 Å². The first-order valence-electron chi connectivity index (χ1n) is 16.5. The predicted molar refractivity (Wildman–Crippen MR) is 195 cm³/mol. The van der Waals surface area contributed by atoms with Crippen molar-refractivity contribution >= 4 is 0 Å². The summed E-state index contributed by atoms with van der Waals surface area (Å²) in [5.41, 5.74) is 11.2. The summed E-state index contributed by atoms with van der Waals surface area (Å²) in [5, 5.41) is 0. The molecule has 4 nitrogen and oxygen atoms in total. The minimum atomic E-state index is 0. The molecule has 0 bridgehead atoms. The summed E-state index contributed by atoms with van der Waals surface area (Å²) in [6, 6.07) is 48.5. The molecule has 2 aromatic heterocycles. The van der Waals surface area contributed by atoms with Gasteiger partial charge in [-0.25, -0.2) is 0 Å². The van der Waals surface area contributed by atoms with E-state index in [-0.39, 0.29) is 32.9 Å². The Morgan fingerprint density at radius 3 is 1.73 bits per heavy atom. The first-order chi connectivity index (χ1) is 23.4. The zero-order valence-electron chi connectivity index (χ0n) is 28.0. The molecule has 0 spiro atoms. The van der Waals surface area contributed by atoms with Crippen molar-refractivity contribution in [2.45, 2.75) is 39.5 Å². The van der Waals surface area contributed by atoms with E-state index in [4.69, 9.17) is 9.72 Å². The first kappa shape index (κ1) is 33.8. The van der Waals surface area contributed by atoms with Gasteiger partial charge in [0.2, 0.25) is 0 Å². The molecular weight excluding hydrogens is 782 g/mol. The zero-order valence-corrected chi connectivity index (χ0v) is 30.3. The topological polar surface area (TPSA) is 39.9 Å². The molecule has 49 heavy (non-hydrogen) atoms. The Morgan fingerprint density at radius 1 is 0.551 bits per heavy atom. The van der Waals surface area contributed by atoms with Crippen molar-refractivity contribution < 1.29 is 25.8 Å². The molecule has 5 heteroatoms. The molecule has 0 unspecified atom stereocenters. The minimum absolute atomic E-state index is 0. The molecule has 244 valence electrons. The van der Waals surface area contributed by atoms with Crippen LogP contribution in [0.3, 0.4) is 0 Å². The Morgan fingerprint density at radius 2 is 1.12 bits per heavy atom. The standard InChI is InChI=1S/C44H37N3O.Pt/c1-30(2)40-28-37(34-21-19-33(20-22-34)32-12-6-5-7-13-32)29-41(31(3)4)43(40)47-25-24-46-44(47)36-15-11-17-39(27-36)48-38-16-10-14-35(26-38)42-18-8-9-23-45-42;/h5-25,28-31H,1-4H3;/q-2;+2. The molecule has 0 N–H and O–H groups in total. The van der Waals surface area contributed by atoms with E-state index in [0.717, 1.165) is 22.6 Å². The number of aromatic nitrogens is 3. The van der Waals surface area contributed by atoms with Gasteiger partial charge in [0.05, 0.1) is 5.82 Å². The van der Waals surface area contributed by atoms with Gasteiger partial charge in [0.15, 0.2) is 0 Å². The Labute approximate surface area is 303 Å². The van der Waals surface area contributed by atoms with Gasteiger partial charge in [-0.3, -0.25) is 4.98 Å². The van der Waals surface area contributed by atoms with Gasteiger partial charge in [0.1, 0.15) is 0 Å². The van der Waals surface area contributed by atoms with Gasteiger partial charge in [-0.2, -0.15) is 0 Å². The normalized spacial score (nSPS) is 11.1. The molecule has 0 aliphatic rings. The van der Waals surface area contributed by atoms with E-state index < -0.39 is 0 Å². The molecule has 0 fully saturated rings. The number of benzene rings is 5. The number of nitrogens with zero attached hydrogens (tertiary/aromatic N) is 3. The fraction of sp³-hybridized carbons (Fsp3) is 0.136. The van der Waals surface area contributed by atoms with Crippen molar-refractivity contribution in [3.05, 3.63) is 163 Å². The molecule has 0 aliphatic carbocycles. The molecule has 2 heterocycles. The smallest absolute Gasteiger partial charge is 0.497 e. The van der Waals surface area contributed by atoms with Gasteiger partial charge in [0.25, 0.3) is 0 Å². The number of imidazole rings is 1. The SMILES string of the molecule is CC(C)c1cc(-c2ccc(-c3ccccc3)cc2)cc(C(C)C)c1-n1ccnc1-c1[c-]c(Oc2[c-]c(-c3ccccn3)ccc2)ccc1.[Pt+2]. The zero-order chi connectivity index (χ0) is 33.0. The van der Waals surface area contributed by atoms with Crippen molar-refractivity contribution in [2.75, 3.05) is 0 Å². The summed E-state index contributed by atoms with van der Waals surface area (Å²) >= 11 is 0. The van der Waals surface area contributed by atoms with E-state index in [9.17, 15) is 0 Å². The van der Waals surface area contributed by atoms with Crippen LogP contribution in [0, 0.1) is 12.1 Å². The Hall–Kier alpha value is -5.05. The van der Waals surface area contributed by atoms with Crippen LogP contribution in [0.1, 0.15) is 50.7 Å². The fourth-order valence-electron chi connectivity index (χ4n) is 6.11. The van der Waals surface area contributed by atoms with Crippen LogP contribution in [0.25, 0.3) is 50.6 Å². The number of rotatable bonds is 9. The van der Waals surface area contributed by atoms with Crippen molar-refractivity contribution in [1.82, 2.24) is 14.5 Å². The maximum absolute atomic E-state index is 6.27. The van der Waals surface area contributed by atoms with Crippen LogP contribution in [0.15, 0.2) is 140 Å². The number of hydrogen-bond acceptors (Lipinski definition) is 3. The first-order valence-corrected chi connectivity index (χ1v) is 16.5. The third-order valence-electron chi connectivity index (χ3n) is 8.56. The number of hydrogen-bond donors (Lipinski definition) is 0. The Kier molecular flexibility index (Phi) is 10.4. The number of ether oxygens (including phenoxy) is 1. The van der Waals surface area contributed by atoms with Crippen molar-refractivity contribution in [3.63, 3.8) is 0 Å². The van der Waals surface area contributed by atoms with Crippen LogP contribution in [-0.4, -0.2) is 14.5 Å². The minimum Gasteiger partial charge on any atom is -0.497 e. The van der Waals surface area contributed by atoms with Crippen LogP contribution in [0.5, 0.6) is 11.5 Å². The molecule has 0 atom stereocenters. The van der Waals surface area contributed by atoms with Crippen LogP contribution in [-0.2, 0) is 21.1 Å². The molecule has 0 saturated carbocycles. The van der Waals surface area contributed by atoms with Crippen LogP contribution < -0.4 is 4.74 Å². The maximum Gasteiger partial charge on any atom is 2.00 e. The summed E-state index contributed by atoms with van der Waals surface area (Å²) in [5.74, 6) is 2.59. The van der Waals surface area contributed by atoms with Crippen LogP contribution in [0.4, 0.5) is 0 Å². The van der Waals surface area contributed by atoms with E-state index in [1.165, 1.54) is 39.1 Å². The molecule has 0 aliphatic heterocycles. The second-order valence-corrected chi connectivity index (χ2v) is 12.6. The van der Waals surface area contributed by atoms with Gasteiger partial charge >= 0.3 is 21.1 Å². The quantitative estimate of drug-likeness (QED) is 0.136. The second-order valence-electron chi connectivity index (χ2n) is 12.6. The van der Waals surface area contributed by atoms with Crippen LogP contribution >= 0.6 is 0 Å². The van der Waals surface area contributed by atoms with E-state index in [2.05, 4.69) is 122 Å². The van der Waals surface area contributed by atoms with Gasteiger partial charge in [-0.15, -0.1) is 47.5 Å². The Balaban J connectivity index is 0.00000417. The summed E-state index contributed by atoms with van der Waals surface area (Å²) in [6.45, 7) is 9.05.